The van der Waals surface area contributed by atoms with Gasteiger partial charge in [-0.3, -0.25) is 0 Å². The Morgan fingerprint density at radius 3 is 2.50 bits per heavy atom. The average Bonchev–Trinajstić information content (AvgIpc) is 3.11. The van der Waals surface area contributed by atoms with E-state index in [0.29, 0.717) is 23.5 Å². The summed E-state index contributed by atoms with van der Waals surface area (Å²) in [6, 6.07) is 0. The van der Waals surface area contributed by atoms with Gasteiger partial charge in [-0.15, -0.1) is 0 Å². The number of rotatable bonds is 9. The first-order valence-electron chi connectivity index (χ1n) is 10.7. The van der Waals surface area contributed by atoms with Gasteiger partial charge >= 0.3 is 0 Å². The summed E-state index contributed by atoms with van der Waals surface area (Å²) in [5.74, 6) is 2.62. The van der Waals surface area contributed by atoms with Crippen LogP contribution >= 0.6 is 11.8 Å². The van der Waals surface area contributed by atoms with E-state index in [1.165, 1.54) is 19.3 Å². The molecule has 0 aliphatic heterocycles. The molecule has 6 nitrogen and oxygen atoms in total. The highest BCUT2D eigenvalue weighted by molar-refractivity contribution is 7.99. The lowest BCUT2D eigenvalue weighted by atomic mass is 10.0. The molecular weight excluding hydrogens is 370 g/mol. The normalized spacial score (nSPS) is 20.2. The van der Waals surface area contributed by atoms with Gasteiger partial charge in [0, 0.05) is 25.3 Å². The SMILES string of the molecule is CCCOC1CCC(C)C1.CCCSc1nc(N)c(N=NC)c(C(C)CC)n1. The number of thioether (sulfide) groups is 1. The molecule has 7 heteroatoms. The molecule has 0 saturated heterocycles. The van der Waals surface area contributed by atoms with Crippen molar-refractivity contribution in [2.75, 3.05) is 25.1 Å². The number of hydrogen-bond donors (Lipinski definition) is 1. The molecule has 2 N–H and O–H groups in total. The minimum absolute atomic E-state index is 0.303. The number of aromatic nitrogens is 2. The van der Waals surface area contributed by atoms with E-state index >= 15 is 0 Å². The van der Waals surface area contributed by atoms with Crippen molar-refractivity contribution in [2.24, 2.45) is 16.1 Å². The molecule has 3 atom stereocenters. The number of anilines is 1. The summed E-state index contributed by atoms with van der Waals surface area (Å²) in [4.78, 5) is 8.86. The molecule has 0 amide bonds. The Bertz CT molecular complexity index is 596. The third kappa shape index (κ3) is 8.43. The van der Waals surface area contributed by atoms with Crippen molar-refractivity contribution in [1.29, 1.82) is 0 Å². The maximum atomic E-state index is 5.95. The summed E-state index contributed by atoms with van der Waals surface area (Å²) in [6.07, 6.45) is 7.78. The van der Waals surface area contributed by atoms with E-state index in [1.807, 2.05) is 0 Å². The Morgan fingerprint density at radius 2 is 1.96 bits per heavy atom. The van der Waals surface area contributed by atoms with Gasteiger partial charge in [0.05, 0.1) is 11.8 Å². The molecule has 2 rings (SSSR count). The minimum atomic E-state index is 0.303. The summed E-state index contributed by atoms with van der Waals surface area (Å²) in [5.41, 5.74) is 7.47. The standard InChI is InChI=1S/C12H21N5S.C9H18O/c1-5-7-18-12-15-9(8(3)6-2)10(17-14-4)11(13)16-12;1-3-6-10-9-5-4-8(2)7-9/h8H,5-7H2,1-4H3,(H2,13,15,16);8-9H,3-7H2,1-2H3. The first-order chi connectivity index (χ1) is 13.5. The average molecular weight is 410 g/mol. The molecule has 0 aromatic carbocycles. The van der Waals surface area contributed by atoms with Crippen LogP contribution in [0.4, 0.5) is 11.5 Å². The molecule has 1 saturated carbocycles. The lowest BCUT2D eigenvalue weighted by molar-refractivity contribution is 0.0566. The largest absolute Gasteiger partial charge is 0.382 e. The van der Waals surface area contributed by atoms with Crippen molar-refractivity contribution in [3.63, 3.8) is 0 Å². The fourth-order valence-electron chi connectivity index (χ4n) is 3.06. The Kier molecular flexibility index (Phi) is 12.3. The van der Waals surface area contributed by atoms with Crippen LogP contribution < -0.4 is 5.73 Å². The zero-order valence-corrected chi connectivity index (χ0v) is 19.4. The lowest BCUT2D eigenvalue weighted by Crippen LogP contribution is -2.08. The van der Waals surface area contributed by atoms with Gasteiger partial charge in [-0.05, 0) is 44.4 Å². The van der Waals surface area contributed by atoms with E-state index in [9.17, 15) is 0 Å². The van der Waals surface area contributed by atoms with E-state index in [0.717, 1.165) is 48.4 Å². The number of nitrogen functional groups attached to an aromatic ring is 1. The molecular formula is C21H39N5OS. The van der Waals surface area contributed by atoms with Gasteiger partial charge in [0.15, 0.2) is 11.0 Å². The van der Waals surface area contributed by atoms with Crippen molar-refractivity contribution >= 4 is 23.3 Å². The highest BCUT2D eigenvalue weighted by atomic mass is 32.2. The predicted molar refractivity (Wildman–Crippen MR) is 120 cm³/mol. The summed E-state index contributed by atoms with van der Waals surface area (Å²) in [7, 11) is 1.62. The van der Waals surface area contributed by atoms with Crippen LogP contribution in [0.5, 0.6) is 0 Å². The van der Waals surface area contributed by atoms with Gasteiger partial charge in [0.1, 0.15) is 5.69 Å². The second-order valence-corrected chi connectivity index (χ2v) is 8.56. The second-order valence-electron chi connectivity index (χ2n) is 7.49. The van der Waals surface area contributed by atoms with Gasteiger partial charge in [0.25, 0.3) is 0 Å². The van der Waals surface area contributed by atoms with E-state index in [1.54, 1.807) is 18.8 Å². The van der Waals surface area contributed by atoms with Gasteiger partial charge in [-0.1, -0.05) is 46.4 Å². The highest BCUT2D eigenvalue weighted by Crippen LogP contribution is 2.33. The zero-order chi connectivity index (χ0) is 20.9. The number of ether oxygens (including phenoxy) is 1. The molecule has 160 valence electrons. The summed E-state index contributed by atoms with van der Waals surface area (Å²) < 4.78 is 5.62. The van der Waals surface area contributed by atoms with Crippen molar-refractivity contribution in [2.45, 2.75) is 90.3 Å². The van der Waals surface area contributed by atoms with Crippen LogP contribution in [0.2, 0.25) is 0 Å². The van der Waals surface area contributed by atoms with Crippen LogP contribution in [-0.4, -0.2) is 35.5 Å². The monoisotopic (exact) mass is 409 g/mol. The molecule has 1 aliphatic carbocycles. The third-order valence-corrected chi connectivity index (χ3v) is 5.89. The summed E-state index contributed by atoms with van der Waals surface area (Å²) >= 11 is 1.63. The molecule has 1 aromatic heterocycles. The van der Waals surface area contributed by atoms with E-state index in [-0.39, 0.29) is 0 Å². The minimum Gasteiger partial charge on any atom is -0.382 e. The lowest BCUT2D eigenvalue weighted by Gasteiger charge is -2.13. The fourth-order valence-corrected chi connectivity index (χ4v) is 3.77. The molecule has 1 fully saturated rings. The van der Waals surface area contributed by atoms with Crippen LogP contribution in [0.1, 0.15) is 84.8 Å². The molecule has 3 unspecified atom stereocenters. The molecule has 0 radical (unpaired) electrons. The number of hydrogen-bond acceptors (Lipinski definition) is 7. The Balaban J connectivity index is 0.000000330. The number of nitrogens with two attached hydrogens (primary N) is 1. The highest BCUT2D eigenvalue weighted by Gasteiger charge is 2.21. The van der Waals surface area contributed by atoms with E-state index < -0.39 is 0 Å². The van der Waals surface area contributed by atoms with Crippen molar-refractivity contribution in [3.05, 3.63) is 5.69 Å². The first kappa shape index (κ1) is 24.8. The van der Waals surface area contributed by atoms with Gasteiger partial charge < -0.3 is 10.5 Å². The van der Waals surface area contributed by atoms with Gasteiger partial charge in [-0.25, -0.2) is 9.97 Å². The van der Waals surface area contributed by atoms with Gasteiger partial charge in [0.2, 0.25) is 0 Å². The van der Waals surface area contributed by atoms with Crippen molar-refractivity contribution in [1.82, 2.24) is 9.97 Å². The van der Waals surface area contributed by atoms with Crippen molar-refractivity contribution in [3.8, 4) is 0 Å². The van der Waals surface area contributed by atoms with E-state index in [4.69, 9.17) is 10.5 Å². The Hall–Kier alpha value is -1.21. The molecule has 0 spiro atoms. The summed E-state index contributed by atoms with van der Waals surface area (Å²) in [5, 5.41) is 8.59. The van der Waals surface area contributed by atoms with Crippen LogP contribution in [0.3, 0.4) is 0 Å². The molecule has 1 aliphatic rings. The van der Waals surface area contributed by atoms with Gasteiger partial charge in [-0.2, -0.15) is 10.2 Å². The third-order valence-electron chi connectivity index (χ3n) is 4.84. The van der Waals surface area contributed by atoms with Crippen LogP contribution in [0.15, 0.2) is 15.4 Å². The van der Waals surface area contributed by atoms with E-state index in [2.05, 4.69) is 54.8 Å². The Morgan fingerprint density at radius 1 is 1.21 bits per heavy atom. The smallest absolute Gasteiger partial charge is 0.189 e. The molecule has 1 aromatic rings. The quantitative estimate of drug-likeness (QED) is 0.290. The maximum Gasteiger partial charge on any atom is 0.189 e. The van der Waals surface area contributed by atoms with Crippen molar-refractivity contribution < 1.29 is 4.74 Å². The predicted octanol–water partition coefficient (Wildman–Crippen LogP) is 6.39. The first-order valence-corrected chi connectivity index (χ1v) is 11.7. The fraction of sp³-hybridized carbons (Fsp3) is 0.810. The van der Waals surface area contributed by atoms with Crippen LogP contribution in [-0.2, 0) is 4.74 Å². The Labute approximate surface area is 175 Å². The van der Waals surface area contributed by atoms with Crippen LogP contribution in [0.25, 0.3) is 0 Å². The second kappa shape index (κ2) is 13.9. The summed E-state index contributed by atoms with van der Waals surface area (Å²) in [6.45, 7) is 11.8. The van der Waals surface area contributed by atoms with Crippen LogP contribution in [0, 0.1) is 5.92 Å². The maximum absolute atomic E-state index is 5.95. The molecule has 0 bridgehead atoms. The molecule has 1 heterocycles. The molecule has 28 heavy (non-hydrogen) atoms. The number of nitrogens with zero attached hydrogens (tertiary/aromatic N) is 4. The topological polar surface area (TPSA) is 85.8 Å². The number of azo groups is 1. The zero-order valence-electron chi connectivity index (χ0n) is 18.6.